The number of nitrogens with two attached hydrogens (primary N) is 1. The van der Waals surface area contributed by atoms with Crippen molar-refractivity contribution in [2.45, 2.75) is 36.0 Å². The lowest BCUT2D eigenvalue weighted by molar-refractivity contribution is -0.137. The van der Waals surface area contributed by atoms with Crippen LogP contribution in [0.15, 0.2) is 58.2 Å². The Balaban J connectivity index is 1.89. The summed E-state index contributed by atoms with van der Waals surface area (Å²) in [5.74, 6) is -0.902. The highest BCUT2D eigenvalue weighted by atomic mass is 32.2. The molecular weight excluding hydrogens is 514 g/mol. The quantitative estimate of drug-likeness (QED) is 0.458. The van der Waals surface area contributed by atoms with Crippen LogP contribution < -0.4 is 5.73 Å². The molecule has 2 aromatic rings. The van der Waals surface area contributed by atoms with E-state index in [-0.39, 0.29) is 27.7 Å². The van der Waals surface area contributed by atoms with Crippen molar-refractivity contribution in [3.63, 3.8) is 0 Å². The number of nitrogens with zero attached hydrogens (tertiary/aromatic N) is 4. The first-order valence-corrected chi connectivity index (χ1v) is 12.9. The molecule has 1 saturated heterocycles. The zero-order chi connectivity index (χ0) is 27.2. The molecule has 0 amide bonds. The van der Waals surface area contributed by atoms with Crippen LogP contribution in [-0.4, -0.2) is 73.3 Å². The molecule has 0 bridgehead atoms. The minimum atomic E-state index is -4.75. The van der Waals surface area contributed by atoms with E-state index < -0.39 is 38.4 Å². The highest BCUT2D eigenvalue weighted by Gasteiger charge is 2.45. The second-order valence-corrected chi connectivity index (χ2v) is 11.8. The number of anilines is 1. The molecule has 0 radical (unpaired) electrons. The van der Waals surface area contributed by atoms with Gasteiger partial charge < -0.3 is 15.4 Å². The Bertz CT molecular complexity index is 1340. The molecule has 4 rings (SSSR count). The number of allylic oxidation sites excluding steroid dienone is 1. The number of benzene rings is 1. The fourth-order valence-electron chi connectivity index (χ4n) is 4.44. The Hall–Kier alpha value is -3.03. The molecule has 0 spiro atoms. The van der Waals surface area contributed by atoms with Crippen molar-refractivity contribution >= 4 is 21.4 Å². The van der Waals surface area contributed by atoms with Crippen LogP contribution in [0.1, 0.15) is 25.0 Å². The molecule has 1 atom stereocenters. The third-order valence-corrected chi connectivity index (χ3v) is 8.99. The number of hydrogen-bond donors (Lipinski definition) is 1. The van der Waals surface area contributed by atoms with Gasteiger partial charge in [0, 0.05) is 37.6 Å². The predicted octanol–water partition coefficient (Wildman–Crippen LogP) is 3.31. The fourth-order valence-corrected chi connectivity index (χ4v) is 6.00. The largest absolute Gasteiger partial charge is 0.417 e. The summed E-state index contributed by atoms with van der Waals surface area (Å²) in [5.41, 5.74) is 4.33. The van der Waals surface area contributed by atoms with E-state index in [1.165, 1.54) is 19.9 Å². The van der Waals surface area contributed by atoms with Crippen LogP contribution in [-0.2, 0) is 20.8 Å². The molecule has 1 fully saturated rings. The average Bonchev–Trinajstić information content (AvgIpc) is 2.84. The minimum Gasteiger partial charge on any atom is -0.384 e. The van der Waals surface area contributed by atoms with Crippen molar-refractivity contribution in [2.75, 3.05) is 39.1 Å². The van der Waals surface area contributed by atoms with E-state index in [9.17, 15) is 26.0 Å². The van der Waals surface area contributed by atoms with E-state index >= 15 is 0 Å². The van der Waals surface area contributed by atoms with E-state index in [1.807, 2.05) is 4.90 Å². The lowest BCUT2D eigenvalue weighted by atomic mass is 9.98. The molecule has 0 aliphatic carbocycles. The molecular formula is C24H27F4N5O3S. The number of alkyl halides is 3. The summed E-state index contributed by atoms with van der Waals surface area (Å²) in [5, 5.41) is 0. The van der Waals surface area contributed by atoms with Crippen molar-refractivity contribution in [2.24, 2.45) is 4.99 Å². The molecule has 2 N–H and O–H groups in total. The number of aromatic nitrogens is 1. The van der Waals surface area contributed by atoms with Crippen molar-refractivity contribution in [1.29, 1.82) is 0 Å². The Morgan fingerprint density at radius 1 is 1.11 bits per heavy atom. The first-order valence-electron chi connectivity index (χ1n) is 11.4. The van der Waals surface area contributed by atoms with Gasteiger partial charge in [-0.2, -0.15) is 13.2 Å². The van der Waals surface area contributed by atoms with Gasteiger partial charge in [-0.1, -0.05) is 0 Å². The smallest absolute Gasteiger partial charge is 0.384 e. The normalized spacial score (nSPS) is 20.0. The van der Waals surface area contributed by atoms with Gasteiger partial charge in [-0.05, 0) is 50.3 Å². The van der Waals surface area contributed by atoms with Crippen molar-refractivity contribution in [3.8, 4) is 0 Å². The first kappa shape index (κ1) is 27.0. The van der Waals surface area contributed by atoms with Gasteiger partial charge in [0.25, 0.3) is 0 Å². The van der Waals surface area contributed by atoms with E-state index in [0.29, 0.717) is 26.3 Å². The van der Waals surface area contributed by atoms with E-state index in [0.717, 1.165) is 36.5 Å². The maximum absolute atomic E-state index is 14.0. The predicted molar refractivity (Wildman–Crippen MR) is 130 cm³/mol. The number of pyridine rings is 1. The van der Waals surface area contributed by atoms with Gasteiger partial charge in [-0.15, -0.1) is 0 Å². The third-order valence-electron chi connectivity index (χ3n) is 6.55. The van der Waals surface area contributed by atoms with Crippen LogP contribution in [0.25, 0.3) is 0 Å². The average molecular weight is 542 g/mol. The maximum Gasteiger partial charge on any atom is 0.417 e. The van der Waals surface area contributed by atoms with Crippen molar-refractivity contribution in [1.82, 2.24) is 14.8 Å². The van der Waals surface area contributed by atoms with Gasteiger partial charge in [-0.25, -0.2) is 22.8 Å². The molecule has 13 heteroatoms. The topological polar surface area (TPSA) is 101 Å². The van der Waals surface area contributed by atoms with Gasteiger partial charge in [-0.3, -0.25) is 4.90 Å². The van der Waals surface area contributed by atoms with Crippen LogP contribution in [0.2, 0.25) is 0 Å². The van der Waals surface area contributed by atoms with E-state index in [1.54, 1.807) is 11.9 Å². The number of ether oxygens (including phenoxy) is 1. The number of rotatable bonds is 5. The Morgan fingerprint density at radius 3 is 2.32 bits per heavy atom. The van der Waals surface area contributed by atoms with Crippen LogP contribution in [0.5, 0.6) is 0 Å². The summed E-state index contributed by atoms with van der Waals surface area (Å²) in [6.07, 6.45) is -3.23. The number of sulfone groups is 1. The van der Waals surface area contributed by atoms with Gasteiger partial charge in [0.15, 0.2) is 16.1 Å². The minimum absolute atomic E-state index is 0.0770. The molecule has 8 nitrogen and oxygen atoms in total. The van der Waals surface area contributed by atoms with Crippen LogP contribution >= 0.6 is 0 Å². The molecule has 2 aliphatic rings. The summed E-state index contributed by atoms with van der Waals surface area (Å²) in [6.45, 7) is 4.58. The Labute approximate surface area is 212 Å². The molecule has 37 heavy (non-hydrogen) atoms. The van der Waals surface area contributed by atoms with Crippen LogP contribution in [0.3, 0.4) is 0 Å². The highest BCUT2D eigenvalue weighted by molar-refractivity contribution is 7.93. The zero-order valence-electron chi connectivity index (χ0n) is 20.5. The molecule has 1 aromatic carbocycles. The van der Waals surface area contributed by atoms with Gasteiger partial charge in [0.2, 0.25) is 0 Å². The number of nitrogen functional groups attached to an aromatic ring is 1. The lowest BCUT2D eigenvalue weighted by Gasteiger charge is -2.45. The molecule has 200 valence electrons. The van der Waals surface area contributed by atoms with Gasteiger partial charge in [0.05, 0.1) is 29.4 Å². The summed E-state index contributed by atoms with van der Waals surface area (Å²) >= 11 is 0. The summed E-state index contributed by atoms with van der Waals surface area (Å²) in [7, 11) is -2.49. The van der Waals surface area contributed by atoms with E-state index in [4.69, 9.17) is 10.5 Å². The fraction of sp³-hybridized carbons (Fsp3) is 0.417. The van der Waals surface area contributed by atoms with Crippen LogP contribution in [0.4, 0.5) is 23.4 Å². The van der Waals surface area contributed by atoms with E-state index in [2.05, 4.69) is 9.98 Å². The summed E-state index contributed by atoms with van der Waals surface area (Å²) < 4.78 is 86.6. The Kier molecular flexibility index (Phi) is 7.08. The van der Waals surface area contributed by atoms with Crippen molar-refractivity contribution in [3.05, 3.63) is 65.2 Å². The SMILES string of the molecule is CN1C(C(C)(C)S(=O)(=O)c2ccc(F)cc2)=CC(c2cnc(N)cc2C(F)(F)F)=NC1N1CCOCC1. The zero-order valence-corrected chi connectivity index (χ0v) is 21.3. The second-order valence-electron chi connectivity index (χ2n) is 9.27. The number of hydrogen-bond acceptors (Lipinski definition) is 8. The van der Waals surface area contributed by atoms with Crippen LogP contribution in [0, 0.1) is 5.82 Å². The number of halogens is 4. The van der Waals surface area contributed by atoms with Gasteiger partial charge >= 0.3 is 6.18 Å². The second kappa shape index (κ2) is 9.69. The monoisotopic (exact) mass is 541 g/mol. The number of aliphatic imine (C=N–C) groups is 1. The van der Waals surface area contributed by atoms with Gasteiger partial charge in [0.1, 0.15) is 16.4 Å². The maximum atomic E-state index is 14.0. The molecule has 1 unspecified atom stereocenters. The molecule has 2 aliphatic heterocycles. The molecule has 3 heterocycles. The lowest BCUT2D eigenvalue weighted by Crippen LogP contribution is -2.55. The van der Waals surface area contributed by atoms with Crippen molar-refractivity contribution < 1.29 is 30.7 Å². The first-order chi connectivity index (χ1) is 17.2. The highest BCUT2D eigenvalue weighted by Crippen LogP contribution is 2.39. The number of morpholine rings is 1. The molecule has 1 aromatic heterocycles. The molecule has 0 saturated carbocycles. The standard InChI is InChI=1S/C24H27F4N5O3S/c1-23(2,37(34,35)16-6-4-15(25)5-7-16)20-13-19(17-14-30-21(29)12-18(17)24(26,27)28)31-22(32(20)3)33-8-10-36-11-9-33/h4-7,12-14,22H,8-11H2,1-3H3,(H2,29,30). The third kappa shape index (κ3) is 5.07. The summed E-state index contributed by atoms with van der Waals surface area (Å²) in [6, 6.07) is 5.14. The summed E-state index contributed by atoms with van der Waals surface area (Å²) in [4.78, 5) is 11.9. The Morgan fingerprint density at radius 2 is 1.73 bits per heavy atom.